The Bertz CT molecular complexity index is 238. The predicted molar refractivity (Wildman–Crippen MR) is 47.0 cm³/mol. The number of aliphatic hydroxyl groups excluding tert-OH is 1. The first-order chi connectivity index (χ1) is 6.86. The molecule has 0 aliphatic heterocycles. The van der Waals surface area contributed by atoms with Crippen molar-refractivity contribution in [2.75, 3.05) is 6.61 Å². The van der Waals surface area contributed by atoms with Gasteiger partial charge in [-0.05, 0) is 18.8 Å². The van der Waals surface area contributed by atoms with Crippen LogP contribution in [0.5, 0.6) is 0 Å². The number of nitrogens with one attached hydrogen (secondary N) is 1. The lowest BCUT2D eigenvalue weighted by molar-refractivity contribution is -0.169. The van der Waals surface area contributed by atoms with Crippen LogP contribution in [0.15, 0.2) is 0 Å². The minimum atomic E-state index is -4.59. The summed E-state index contributed by atoms with van der Waals surface area (Å²) in [5, 5.41) is 10.3. The van der Waals surface area contributed by atoms with Crippen LogP contribution < -0.4 is 5.32 Å². The van der Waals surface area contributed by atoms with Crippen molar-refractivity contribution < 1.29 is 23.1 Å². The van der Waals surface area contributed by atoms with E-state index < -0.39 is 30.7 Å². The third-order valence-electron chi connectivity index (χ3n) is 2.64. The predicted octanol–water partition coefficient (Wildman–Crippen LogP) is 1.07. The molecule has 3 nitrogen and oxygen atoms in total. The van der Waals surface area contributed by atoms with Gasteiger partial charge in [0, 0.05) is 5.92 Å². The summed E-state index contributed by atoms with van der Waals surface area (Å²) in [6, 6.07) is -2.15. The van der Waals surface area contributed by atoms with Crippen LogP contribution in [0.3, 0.4) is 0 Å². The van der Waals surface area contributed by atoms with Crippen LogP contribution in [0.25, 0.3) is 0 Å². The first-order valence-electron chi connectivity index (χ1n) is 4.84. The summed E-state index contributed by atoms with van der Waals surface area (Å²) >= 11 is 0. The van der Waals surface area contributed by atoms with Gasteiger partial charge in [0.2, 0.25) is 5.91 Å². The monoisotopic (exact) mass is 225 g/mol. The molecular weight excluding hydrogens is 211 g/mol. The van der Waals surface area contributed by atoms with Gasteiger partial charge in [0.1, 0.15) is 6.04 Å². The normalized spacial score (nSPS) is 20.9. The Kier molecular flexibility index (Phi) is 3.59. The molecule has 0 radical (unpaired) electrons. The van der Waals surface area contributed by atoms with Gasteiger partial charge in [-0.1, -0.05) is 6.92 Å². The number of aliphatic hydroxyl groups is 1. The van der Waals surface area contributed by atoms with Crippen LogP contribution in [-0.4, -0.2) is 29.8 Å². The van der Waals surface area contributed by atoms with Gasteiger partial charge in [0.05, 0.1) is 6.61 Å². The Morgan fingerprint density at radius 2 is 2.07 bits per heavy atom. The van der Waals surface area contributed by atoms with E-state index in [9.17, 15) is 18.0 Å². The molecule has 0 spiro atoms. The summed E-state index contributed by atoms with van der Waals surface area (Å²) in [6.45, 7) is 0.491. The molecule has 1 amide bonds. The summed E-state index contributed by atoms with van der Waals surface area (Å²) in [4.78, 5) is 11.3. The lowest BCUT2D eigenvalue weighted by Crippen LogP contribution is -2.49. The Hall–Kier alpha value is -0.780. The average molecular weight is 225 g/mol. The van der Waals surface area contributed by atoms with Gasteiger partial charge in [-0.2, -0.15) is 13.2 Å². The summed E-state index contributed by atoms with van der Waals surface area (Å²) in [7, 11) is 0. The van der Waals surface area contributed by atoms with E-state index in [4.69, 9.17) is 5.11 Å². The SMILES string of the molecule is CC(C(=O)N[C@H](CO)C(F)(F)F)C1CC1. The fourth-order valence-electron chi connectivity index (χ4n) is 1.34. The molecule has 15 heavy (non-hydrogen) atoms. The second kappa shape index (κ2) is 4.38. The van der Waals surface area contributed by atoms with Crippen LogP contribution in [-0.2, 0) is 4.79 Å². The standard InChI is InChI=1S/C9H14F3NO2/c1-5(6-2-3-6)8(15)13-7(4-14)9(10,11)12/h5-7,14H,2-4H2,1H3,(H,13,15)/t5?,7-/m1/s1. The number of carbonyl (C=O) groups is 1. The van der Waals surface area contributed by atoms with Crippen LogP contribution in [0.2, 0.25) is 0 Å². The maximum Gasteiger partial charge on any atom is 0.410 e. The van der Waals surface area contributed by atoms with E-state index in [2.05, 4.69) is 0 Å². The van der Waals surface area contributed by atoms with Crippen molar-refractivity contribution in [3.05, 3.63) is 0 Å². The van der Waals surface area contributed by atoms with Gasteiger partial charge < -0.3 is 10.4 Å². The molecule has 0 aromatic rings. The van der Waals surface area contributed by atoms with Crippen LogP contribution >= 0.6 is 0 Å². The van der Waals surface area contributed by atoms with E-state index >= 15 is 0 Å². The number of alkyl halides is 3. The van der Waals surface area contributed by atoms with Crippen molar-refractivity contribution in [1.29, 1.82) is 0 Å². The van der Waals surface area contributed by atoms with Crippen molar-refractivity contribution in [3.8, 4) is 0 Å². The van der Waals surface area contributed by atoms with Gasteiger partial charge in [-0.25, -0.2) is 0 Å². The van der Waals surface area contributed by atoms with E-state index in [-0.39, 0.29) is 5.92 Å². The highest BCUT2D eigenvalue weighted by Gasteiger charge is 2.42. The molecule has 2 N–H and O–H groups in total. The summed E-state index contributed by atoms with van der Waals surface area (Å²) in [5.41, 5.74) is 0. The van der Waals surface area contributed by atoms with E-state index in [0.29, 0.717) is 0 Å². The Balaban J connectivity index is 2.47. The quantitative estimate of drug-likeness (QED) is 0.752. The summed E-state index contributed by atoms with van der Waals surface area (Å²) in [5.74, 6) is -0.826. The van der Waals surface area contributed by atoms with Crippen molar-refractivity contribution >= 4 is 5.91 Å². The molecule has 1 unspecified atom stereocenters. The Morgan fingerprint density at radius 1 is 1.53 bits per heavy atom. The topological polar surface area (TPSA) is 49.3 Å². The van der Waals surface area contributed by atoms with E-state index in [1.807, 2.05) is 5.32 Å². The third-order valence-corrected chi connectivity index (χ3v) is 2.64. The summed E-state index contributed by atoms with van der Waals surface area (Å²) in [6.07, 6.45) is -2.80. The lowest BCUT2D eigenvalue weighted by atomic mass is 10.1. The second-order valence-electron chi connectivity index (χ2n) is 3.91. The molecule has 0 heterocycles. The van der Waals surface area contributed by atoms with Crippen molar-refractivity contribution in [1.82, 2.24) is 5.32 Å². The van der Waals surface area contributed by atoms with Crippen molar-refractivity contribution in [3.63, 3.8) is 0 Å². The smallest absolute Gasteiger partial charge is 0.394 e. The maximum absolute atomic E-state index is 12.2. The van der Waals surface area contributed by atoms with Gasteiger partial charge >= 0.3 is 6.18 Å². The molecule has 1 rings (SSSR count). The zero-order valence-corrected chi connectivity index (χ0v) is 8.34. The van der Waals surface area contributed by atoms with E-state index in [0.717, 1.165) is 12.8 Å². The largest absolute Gasteiger partial charge is 0.410 e. The van der Waals surface area contributed by atoms with E-state index in [1.165, 1.54) is 0 Å². The van der Waals surface area contributed by atoms with Gasteiger partial charge in [-0.15, -0.1) is 0 Å². The molecule has 0 saturated heterocycles. The average Bonchev–Trinajstić information content (AvgIpc) is 2.93. The first-order valence-corrected chi connectivity index (χ1v) is 4.84. The molecule has 2 atom stereocenters. The van der Waals surface area contributed by atoms with Crippen molar-refractivity contribution in [2.45, 2.75) is 32.0 Å². The zero-order valence-electron chi connectivity index (χ0n) is 8.34. The molecule has 1 fully saturated rings. The van der Waals surface area contributed by atoms with Crippen molar-refractivity contribution in [2.24, 2.45) is 11.8 Å². The maximum atomic E-state index is 12.2. The molecule has 1 aliphatic carbocycles. The number of rotatable bonds is 4. The molecule has 0 aromatic heterocycles. The highest BCUT2D eigenvalue weighted by atomic mass is 19.4. The molecule has 0 aromatic carbocycles. The number of amides is 1. The Labute approximate surface area is 85.7 Å². The minimum Gasteiger partial charge on any atom is -0.394 e. The van der Waals surface area contributed by atoms with Crippen LogP contribution in [0.4, 0.5) is 13.2 Å². The molecule has 0 bridgehead atoms. The zero-order chi connectivity index (χ0) is 11.6. The molecule has 1 aliphatic rings. The fourth-order valence-corrected chi connectivity index (χ4v) is 1.34. The van der Waals surface area contributed by atoms with E-state index in [1.54, 1.807) is 6.92 Å². The molecule has 88 valence electrons. The highest BCUT2D eigenvalue weighted by Crippen LogP contribution is 2.36. The van der Waals surface area contributed by atoms with Gasteiger partial charge in [-0.3, -0.25) is 4.79 Å². The molecule has 1 saturated carbocycles. The minimum absolute atomic E-state index is 0.206. The number of hydrogen-bond donors (Lipinski definition) is 2. The Morgan fingerprint density at radius 3 is 2.40 bits per heavy atom. The van der Waals surface area contributed by atoms with Crippen LogP contribution in [0.1, 0.15) is 19.8 Å². The van der Waals surface area contributed by atoms with Crippen LogP contribution in [0, 0.1) is 11.8 Å². The first kappa shape index (κ1) is 12.3. The molecule has 6 heteroatoms. The number of carbonyl (C=O) groups excluding carboxylic acids is 1. The van der Waals surface area contributed by atoms with Gasteiger partial charge in [0.25, 0.3) is 0 Å². The van der Waals surface area contributed by atoms with Gasteiger partial charge in [0.15, 0.2) is 0 Å². The highest BCUT2D eigenvalue weighted by molar-refractivity contribution is 5.79. The third kappa shape index (κ3) is 3.37. The second-order valence-corrected chi connectivity index (χ2v) is 3.91. The summed E-state index contributed by atoms with van der Waals surface area (Å²) < 4.78 is 36.6. The lowest BCUT2D eigenvalue weighted by Gasteiger charge is -2.21. The fraction of sp³-hybridized carbons (Fsp3) is 0.889. The molecular formula is C9H14F3NO2. The number of hydrogen-bond acceptors (Lipinski definition) is 2. The number of halogens is 3.